The maximum Gasteiger partial charge on any atom is 0.235 e. The molecule has 12 aromatic rings. The van der Waals surface area contributed by atoms with Crippen LogP contribution < -0.4 is 0 Å². The molecule has 12 rings (SSSR count). The summed E-state index contributed by atoms with van der Waals surface area (Å²) >= 11 is 0. The lowest BCUT2D eigenvalue weighted by atomic mass is 9.96. The van der Waals surface area contributed by atoms with Gasteiger partial charge in [-0.15, -0.1) is 0 Å². The zero-order valence-electron chi connectivity index (χ0n) is 30.1. The SMILES string of the molecule is c1ccc2c(-c3ccc(-c4nc(-n5c6c(-c7ccc8c(c7)oc7ccccc78)cccc6c6ccc7ccccc7c65)nc5ccccc45)cc3)cccc2c1. The van der Waals surface area contributed by atoms with Crippen LogP contribution >= 0.6 is 0 Å². The second kappa shape index (κ2) is 12.0. The minimum absolute atomic E-state index is 0.630. The van der Waals surface area contributed by atoms with Crippen molar-refractivity contribution in [1.29, 1.82) is 0 Å². The molecule has 56 heavy (non-hydrogen) atoms. The van der Waals surface area contributed by atoms with Crippen LogP contribution in [0.1, 0.15) is 0 Å². The van der Waals surface area contributed by atoms with E-state index in [1.807, 2.05) is 12.1 Å². The van der Waals surface area contributed by atoms with E-state index in [1.54, 1.807) is 0 Å². The Morgan fingerprint density at radius 3 is 1.82 bits per heavy atom. The molecule has 0 atom stereocenters. The molecule has 0 bridgehead atoms. The Balaban J connectivity index is 1.12. The van der Waals surface area contributed by atoms with Gasteiger partial charge in [0.15, 0.2) is 0 Å². The van der Waals surface area contributed by atoms with E-state index in [4.69, 9.17) is 14.4 Å². The summed E-state index contributed by atoms with van der Waals surface area (Å²) in [6.07, 6.45) is 0. The van der Waals surface area contributed by atoms with Gasteiger partial charge >= 0.3 is 0 Å². The Morgan fingerprint density at radius 1 is 0.357 bits per heavy atom. The maximum atomic E-state index is 6.40. The van der Waals surface area contributed by atoms with Gasteiger partial charge in [0.2, 0.25) is 5.95 Å². The molecule has 9 aromatic carbocycles. The van der Waals surface area contributed by atoms with Gasteiger partial charge < -0.3 is 4.42 Å². The normalized spacial score (nSPS) is 11.9. The second-order valence-electron chi connectivity index (χ2n) is 14.5. The number of furan rings is 1. The Kier molecular flexibility index (Phi) is 6.60. The molecule has 260 valence electrons. The van der Waals surface area contributed by atoms with Crippen molar-refractivity contribution < 1.29 is 4.42 Å². The standard InChI is InChI=1S/C52H31N3O/c1-3-14-37-32(11-1)13-9-18-38(37)34-23-25-35(26-24-34)49-45-17-5-7-21-46(45)53-52(54-49)55-50-39-15-4-2-12-33(39)27-30-44(50)43-20-10-19-40(51(43)55)36-28-29-42-41-16-6-8-22-47(41)56-48(42)31-36/h1-31H. The van der Waals surface area contributed by atoms with E-state index in [9.17, 15) is 0 Å². The van der Waals surface area contributed by atoms with E-state index < -0.39 is 0 Å². The highest BCUT2D eigenvalue weighted by molar-refractivity contribution is 6.21. The second-order valence-corrected chi connectivity index (χ2v) is 14.5. The minimum Gasteiger partial charge on any atom is -0.456 e. The van der Waals surface area contributed by atoms with Gasteiger partial charge in [-0.1, -0.05) is 164 Å². The maximum absolute atomic E-state index is 6.40. The molecule has 0 amide bonds. The Bertz CT molecular complexity index is 3530. The van der Waals surface area contributed by atoms with Gasteiger partial charge in [-0.25, -0.2) is 9.97 Å². The number of rotatable bonds is 4. The number of benzene rings is 9. The van der Waals surface area contributed by atoms with Gasteiger partial charge in [0.05, 0.1) is 22.2 Å². The highest BCUT2D eigenvalue weighted by Crippen LogP contribution is 2.42. The molecule has 0 radical (unpaired) electrons. The van der Waals surface area contributed by atoms with Crippen LogP contribution in [0, 0.1) is 0 Å². The number of hydrogen-bond donors (Lipinski definition) is 0. The van der Waals surface area contributed by atoms with Crippen LogP contribution in [-0.2, 0) is 0 Å². The molecule has 0 saturated carbocycles. The van der Waals surface area contributed by atoms with Crippen LogP contribution in [0.25, 0.3) is 116 Å². The molecule has 0 spiro atoms. The zero-order chi connectivity index (χ0) is 36.7. The summed E-state index contributed by atoms with van der Waals surface area (Å²) < 4.78 is 8.69. The van der Waals surface area contributed by atoms with E-state index in [-0.39, 0.29) is 0 Å². The molecule has 0 N–H and O–H groups in total. The molecule has 0 unspecified atom stereocenters. The average Bonchev–Trinajstić information content (AvgIpc) is 3.82. The van der Waals surface area contributed by atoms with Gasteiger partial charge in [0, 0.05) is 43.4 Å². The number of para-hydroxylation sites is 3. The zero-order valence-corrected chi connectivity index (χ0v) is 30.1. The fourth-order valence-electron chi connectivity index (χ4n) is 8.82. The van der Waals surface area contributed by atoms with Crippen molar-refractivity contribution in [3.63, 3.8) is 0 Å². The molecular weight excluding hydrogens is 683 g/mol. The van der Waals surface area contributed by atoms with E-state index in [0.29, 0.717) is 5.95 Å². The van der Waals surface area contributed by atoms with Crippen molar-refractivity contribution >= 4 is 76.2 Å². The summed E-state index contributed by atoms with van der Waals surface area (Å²) in [6, 6.07) is 66.7. The lowest BCUT2D eigenvalue weighted by Crippen LogP contribution is -2.04. The molecule has 4 nitrogen and oxygen atoms in total. The predicted molar refractivity (Wildman–Crippen MR) is 232 cm³/mol. The van der Waals surface area contributed by atoms with Crippen molar-refractivity contribution in [3.05, 3.63) is 188 Å². The monoisotopic (exact) mass is 713 g/mol. The topological polar surface area (TPSA) is 43.9 Å². The van der Waals surface area contributed by atoms with E-state index in [0.717, 1.165) is 82.4 Å². The fourth-order valence-corrected chi connectivity index (χ4v) is 8.82. The van der Waals surface area contributed by atoms with Crippen LogP contribution in [0.5, 0.6) is 0 Å². The number of hydrogen-bond acceptors (Lipinski definition) is 3. The molecule has 4 heteroatoms. The molecule has 3 heterocycles. The minimum atomic E-state index is 0.630. The van der Waals surface area contributed by atoms with E-state index >= 15 is 0 Å². The fraction of sp³-hybridized carbons (Fsp3) is 0. The van der Waals surface area contributed by atoms with Gasteiger partial charge in [0.1, 0.15) is 11.2 Å². The molecular formula is C52H31N3O. The molecule has 0 aliphatic carbocycles. The largest absolute Gasteiger partial charge is 0.456 e. The van der Waals surface area contributed by atoms with Gasteiger partial charge in [-0.2, -0.15) is 0 Å². The number of fused-ring (bicyclic) bond motifs is 10. The molecule has 0 saturated heterocycles. The predicted octanol–water partition coefficient (Wildman–Crippen LogP) is 13.9. The van der Waals surface area contributed by atoms with Crippen molar-refractivity contribution in [2.45, 2.75) is 0 Å². The van der Waals surface area contributed by atoms with Crippen LogP contribution in [0.3, 0.4) is 0 Å². The summed E-state index contributed by atoms with van der Waals surface area (Å²) in [6.45, 7) is 0. The summed E-state index contributed by atoms with van der Waals surface area (Å²) in [5.74, 6) is 0.630. The van der Waals surface area contributed by atoms with Gasteiger partial charge in [-0.05, 0) is 57.1 Å². The summed E-state index contributed by atoms with van der Waals surface area (Å²) in [5.41, 5.74) is 11.3. The number of aromatic nitrogens is 3. The van der Waals surface area contributed by atoms with Crippen LogP contribution in [0.2, 0.25) is 0 Å². The Hall–Kier alpha value is -7.56. The van der Waals surface area contributed by atoms with Crippen molar-refractivity contribution in [2.75, 3.05) is 0 Å². The quantitative estimate of drug-likeness (QED) is 0.182. The first-order valence-corrected chi connectivity index (χ1v) is 19.0. The van der Waals surface area contributed by atoms with Gasteiger partial charge in [0.25, 0.3) is 0 Å². The lowest BCUT2D eigenvalue weighted by Gasteiger charge is -2.14. The lowest BCUT2D eigenvalue weighted by molar-refractivity contribution is 0.669. The molecule has 0 aliphatic rings. The van der Waals surface area contributed by atoms with Crippen molar-refractivity contribution in [2.24, 2.45) is 0 Å². The first-order valence-electron chi connectivity index (χ1n) is 19.0. The highest BCUT2D eigenvalue weighted by atomic mass is 16.3. The summed E-state index contributed by atoms with van der Waals surface area (Å²) in [5, 5.41) is 10.3. The van der Waals surface area contributed by atoms with Crippen molar-refractivity contribution in [3.8, 4) is 39.5 Å². The first-order chi connectivity index (χ1) is 27.8. The summed E-state index contributed by atoms with van der Waals surface area (Å²) in [4.78, 5) is 10.9. The van der Waals surface area contributed by atoms with E-state index in [1.165, 1.54) is 27.3 Å². The molecule has 0 aliphatic heterocycles. The van der Waals surface area contributed by atoms with Crippen LogP contribution in [-0.4, -0.2) is 14.5 Å². The average molecular weight is 714 g/mol. The molecule has 0 fully saturated rings. The third-order valence-electron chi connectivity index (χ3n) is 11.4. The smallest absolute Gasteiger partial charge is 0.235 e. The van der Waals surface area contributed by atoms with Crippen LogP contribution in [0.15, 0.2) is 192 Å². The van der Waals surface area contributed by atoms with Gasteiger partial charge in [-0.3, -0.25) is 4.57 Å². The Labute approximate surface area is 321 Å². The third kappa shape index (κ3) is 4.60. The van der Waals surface area contributed by atoms with Crippen molar-refractivity contribution in [1.82, 2.24) is 14.5 Å². The Morgan fingerprint density at radius 2 is 0.946 bits per heavy atom. The highest BCUT2D eigenvalue weighted by Gasteiger charge is 2.22. The number of nitrogens with zero attached hydrogens (tertiary/aromatic N) is 3. The molecule has 3 aromatic heterocycles. The third-order valence-corrected chi connectivity index (χ3v) is 11.4. The summed E-state index contributed by atoms with van der Waals surface area (Å²) in [7, 11) is 0. The first kappa shape index (κ1) is 30.9. The van der Waals surface area contributed by atoms with Crippen LogP contribution in [0.4, 0.5) is 0 Å². The van der Waals surface area contributed by atoms with E-state index in [2.05, 4.69) is 180 Å².